The molecule has 0 spiro atoms. The second-order valence-electron chi connectivity index (χ2n) is 9.15. The number of aryl methyl sites for hydroxylation is 4. The van der Waals surface area contributed by atoms with E-state index in [1.807, 2.05) is 39.0 Å². The fourth-order valence-corrected chi connectivity index (χ4v) is 5.45. The Bertz CT molecular complexity index is 1570. The zero-order valence-corrected chi connectivity index (χ0v) is 24.8. The van der Waals surface area contributed by atoms with E-state index in [0.29, 0.717) is 33.5 Å². The van der Waals surface area contributed by atoms with Gasteiger partial charge in [-0.1, -0.05) is 5.16 Å². The second-order valence-corrected chi connectivity index (χ2v) is 11.3. The van der Waals surface area contributed by atoms with Crippen LogP contribution in [0.5, 0.6) is 5.75 Å². The van der Waals surface area contributed by atoms with Gasteiger partial charge >= 0.3 is 5.97 Å². The summed E-state index contributed by atoms with van der Waals surface area (Å²) in [7, 11) is 0. The van der Waals surface area contributed by atoms with Gasteiger partial charge in [0.15, 0.2) is 12.6 Å². The predicted molar refractivity (Wildman–Crippen MR) is 156 cm³/mol. The smallest absolute Gasteiger partial charge is 0.345 e. The number of rotatable bonds is 11. The summed E-state index contributed by atoms with van der Waals surface area (Å²) in [6.45, 7) is 6.63. The van der Waals surface area contributed by atoms with Gasteiger partial charge in [0, 0.05) is 12.1 Å². The number of aliphatic hydroxyl groups is 2. The summed E-state index contributed by atoms with van der Waals surface area (Å²) in [4.78, 5) is 49.3. The van der Waals surface area contributed by atoms with Crippen LogP contribution in [0.25, 0.3) is 22.2 Å². The summed E-state index contributed by atoms with van der Waals surface area (Å²) < 4.78 is 11.1. The lowest BCUT2D eigenvalue weighted by Crippen LogP contribution is -2.36. The van der Waals surface area contributed by atoms with Crippen LogP contribution in [-0.4, -0.2) is 75.8 Å². The fourth-order valence-electron chi connectivity index (χ4n) is 3.71. The number of aliphatic hydroxyl groups excluding tert-OH is 2. The molecule has 1 amide bonds. The van der Waals surface area contributed by atoms with E-state index in [4.69, 9.17) is 19.5 Å². The van der Waals surface area contributed by atoms with Crippen LogP contribution in [-0.2, 0) is 4.79 Å². The van der Waals surface area contributed by atoms with Crippen molar-refractivity contribution >= 4 is 47.1 Å². The Labute approximate surface area is 248 Å². The molecule has 4 aromatic rings. The minimum atomic E-state index is -0.980. The molecule has 0 bridgehead atoms. The molecule has 12 nitrogen and oxygen atoms in total. The van der Waals surface area contributed by atoms with E-state index in [2.05, 4.69) is 15.5 Å². The van der Waals surface area contributed by atoms with Gasteiger partial charge < -0.3 is 29.9 Å². The number of carbonyl (C=O) groups excluding carboxylic acids is 3. The number of benzene rings is 1. The van der Waals surface area contributed by atoms with Crippen LogP contribution in [0.15, 0.2) is 28.8 Å². The SMILES string of the molecule is Cc1cc(-c2nc(-c3cc(C)c(OCC(O)CNC(=O)CO)c(C)c3)no2)sc1C=O.Cc1cc(C(=O)O)sc1C=O. The van der Waals surface area contributed by atoms with Crippen LogP contribution >= 0.6 is 22.7 Å². The van der Waals surface area contributed by atoms with Crippen molar-refractivity contribution in [3.8, 4) is 27.9 Å². The molecule has 42 heavy (non-hydrogen) atoms. The van der Waals surface area contributed by atoms with Crippen LogP contribution in [0.1, 0.15) is 51.3 Å². The third-order valence-corrected chi connectivity index (χ3v) is 8.09. The van der Waals surface area contributed by atoms with Crippen molar-refractivity contribution in [2.75, 3.05) is 19.8 Å². The quantitative estimate of drug-likeness (QED) is 0.180. The highest BCUT2D eigenvalue weighted by Crippen LogP contribution is 2.33. The van der Waals surface area contributed by atoms with E-state index < -0.39 is 24.6 Å². The number of hydrogen-bond acceptors (Lipinski definition) is 12. The molecule has 0 saturated heterocycles. The summed E-state index contributed by atoms with van der Waals surface area (Å²) in [5, 5.41) is 33.6. The van der Waals surface area contributed by atoms with E-state index in [1.165, 1.54) is 17.4 Å². The minimum absolute atomic E-state index is 0.0180. The van der Waals surface area contributed by atoms with Crippen molar-refractivity contribution in [1.82, 2.24) is 15.5 Å². The first kappa shape index (κ1) is 32.3. The molecule has 222 valence electrons. The first-order valence-corrected chi connectivity index (χ1v) is 14.1. The lowest BCUT2D eigenvalue weighted by Gasteiger charge is -2.16. The zero-order valence-electron chi connectivity index (χ0n) is 23.2. The maximum atomic E-state index is 11.1. The summed E-state index contributed by atoms with van der Waals surface area (Å²) in [5.41, 5.74) is 3.98. The van der Waals surface area contributed by atoms with Crippen LogP contribution < -0.4 is 10.1 Å². The normalized spacial score (nSPS) is 11.3. The van der Waals surface area contributed by atoms with E-state index in [9.17, 15) is 24.3 Å². The third kappa shape index (κ3) is 8.16. The van der Waals surface area contributed by atoms with Crippen molar-refractivity contribution in [3.05, 3.63) is 61.2 Å². The van der Waals surface area contributed by atoms with E-state index in [-0.39, 0.29) is 18.0 Å². The van der Waals surface area contributed by atoms with Crippen molar-refractivity contribution in [1.29, 1.82) is 0 Å². The van der Waals surface area contributed by atoms with Gasteiger partial charge in [-0.25, -0.2) is 4.79 Å². The van der Waals surface area contributed by atoms with Crippen LogP contribution in [0.4, 0.5) is 0 Å². The molecule has 0 aliphatic heterocycles. The topological polar surface area (TPSA) is 189 Å². The molecule has 0 radical (unpaired) electrons. The average molecular weight is 616 g/mol. The van der Waals surface area contributed by atoms with Gasteiger partial charge in [-0.05, 0) is 74.2 Å². The number of hydrogen-bond donors (Lipinski definition) is 4. The highest BCUT2D eigenvalue weighted by Gasteiger charge is 2.17. The van der Waals surface area contributed by atoms with Gasteiger partial charge in [0.25, 0.3) is 5.89 Å². The Morgan fingerprint density at radius 3 is 2.14 bits per heavy atom. The van der Waals surface area contributed by atoms with E-state index >= 15 is 0 Å². The molecule has 0 saturated carbocycles. The Morgan fingerprint density at radius 2 is 1.62 bits per heavy atom. The molecular formula is C28H29N3O9S2. The summed E-state index contributed by atoms with van der Waals surface area (Å²) in [6.07, 6.45) is 0.565. The molecule has 3 heterocycles. The first-order chi connectivity index (χ1) is 20.0. The number of carboxylic acid groups (broad SMARTS) is 1. The molecule has 3 aromatic heterocycles. The number of nitrogens with zero attached hydrogens (tertiary/aromatic N) is 2. The number of carbonyl (C=O) groups is 4. The Kier molecular flexibility index (Phi) is 11.2. The maximum Gasteiger partial charge on any atom is 0.345 e. The maximum absolute atomic E-state index is 11.1. The molecule has 0 aliphatic rings. The summed E-state index contributed by atoms with van der Waals surface area (Å²) >= 11 is 2.30. The number of thiophene rings is 2. The van der Waals surface area contributed by atoms with Crippen LogP contribution in [0, 0.1) is 27.7 Å². The van der Waals surface area contributed by atoms with Crippen molar-refractivity contribution < 1.29 is 43.8 Å². The standard InChI is InChI=1S/C21H23N3O6S.C7H6O3S/c1-11-6-16(31-17(11)8-25)21-23-20(24-30-21)14-4-12(2)19(13(3)5-14)29-10-15(27)7-22-18(28)9-26;1-4-2-5(7(9)10)11-6(4)3-8/h4-6,8,15,26-27H,7,9-10H2,1-3H3,(H,22,28);2-3H,1H3,(H,9,10). The second kappa shape index (κ2) is 14.6. The van der Waals surface area contributed by atoms with Gasteiger partial charge in [0.2, 0.25) is 11.7 Å². The fraction of sp³-hybridized carbons (Fsp3) is 0.286. The molecular weight excluding hydrogens is 586 g/mol. The monoisotopic (exact) mass is 615 g/mol. The van der Waals surface area contributed by atoms with Crippen molar-refractivity contribution in [2.45, 2.75) is 33.8 Å². The van der Waals surface area contributed by atoms with Crippen molar-refractivity contribution in [2.24, 2.45) is 0 Å². The van der Waals surface area contributed by atoms with Gasteiger partial charge in [0.1, 0.15) is 29.9 Å². The molecule has 4 rings (SSSR count). The first-order valence-electron chi connectivity index (χ1n) is 12.5. The Balaban J connectivity index is 0.000000369. The highest BCUT2D eigenvalue weighted by atomic mass is 32.1. The van der Waals surface area contributed by atoms with E-state index in [0.717, 1.165) is 50.3 Å². The molecule has 1 atom stereocenters. The Hall–Kier alpha value is -4.24. The lowest BCUT2D eigenvalue weighted by atomic mass is 10.1. The molecule has 4 N–H and O–H groups in total. The average Bonchev–Trinajstić information content (AvgIpc) is 3.69. The highest BCUT2D eigenvalue weighted by molar-refractivity contribution is 7.17. The number of aldehydes is 2. The molecule has 0 aliphatic carbocycles. The zero-order chi connectivity index (χ0) is 31.0. The number of nitrogens with one attached hydrogen (secondary N) is 1. The van der Waals surface area contributed by atoms with E-state index in [1.54, 1.807) is 6.92 Å². The van der Waals surface area contributed by atoms with Crippen LogP contribution in [0.2, 0.25) is 0 Å². The largest absolute Gasteiger partial charge is 0.490 e. The number of aromatic nitrogens is 2. The van der Waals surface area contributed by atoms with Gasteiger partial charge in [-0.15, -0.1) is 22.7 Å². The Morgan fingerprint density at radius 1 is 1.00 bits per heavy atom. The molecule has 1 unspecified atom stereocenters. The summed E-state index contributed by atoms with van der Waals surface area (Å²) in [5.74, 6) is -0.163. The van der Waals surface area contributed by atoms with Crippen molar-refractivity contribution in [3.63, 3.8) is 0 Å². The number of amides is 1. The predicted octanol–water partition coefficient (Wildman–Crippen LogP) is 3.62. The summed E-state index contributed by atoms with van der Waals surface area (Å²) in [6, 6.07) is 7.05. The van der Waals surface area contributed by atoms with Crippen LogP contribution in [0.3, 0.4) is 0 Å². The van der Waals surface area contributed by atoms with Gasteiger partial charge in [0.05, 0.1) is 14.6 Å². The van der Waals surface area contributed by atoms with Gasteiger partial charge in [-0.3, -0.25) is 14.4 Å². The lowest BCUT2D eigenvalue weighted by molar-refractivity contribution is -0.124. The number of ether oxygens (including phenoxy) is 1. The number of carboxylic acids is 1. The minimum Gasteiger partial charge on any atom is -0.490 e. The van der Waals surface area contributed by atoms with Gasteiger partial charge in [-0.2, -0.15) is 4.98 Å². The molecule has 1 aromatic carbocycles. The third-order valence-electron chi connectivity index (χ3n) is 5.79. The molecule has 0 fully saturated rings. The number of aromatic carboxylic acids is 1. The molecule has 14 heteroatoms.